The Labute approximate surface area is 124 Å². The van der Waals surface area contributed by atoms with Gasteiger partial charge in [-0.25, -0.2) is 0 Å². The number of anilines is 3. The molecule has 0 bridgehead atoms. The number of hydrogen-bond donors (Lipinski definition) is 1. The minimum Gasteiger partial charge on any atom is -0.397 e. The third-order valence-corrected chi connectivity index (χ3v) is 4.00. The molecule has 1 saturated heterocycles. The second-order valence-electron chi connectivity index (χ2n) is 5.01. The number of para-hydroxylation sites is 2. The average molecular weight is 288 g/mol. The van der Waals surface area contributed by atoms with E-state index in [-0.39, 0.29) is 0 Å². The molecule has 2 aromatic rings. The minimum absolute atomic E-state index is 0.782. The van der Waals surface area contributed by atoms with Gasteiger partial charge in [-0.3, -0.25) is 0 Å². The van der Waals surface area contributed by atoms with Gasteiger partial charge in [0.25, 0.3) is 0 Å². The lowest BCUT2D eigenvalue weighted by Crippen LogP contribution is -2.46. The van der Waals surface area contributed by atoms with E-state index in [0.717, 1.165) is 42.6 Å². The highest BCUT2D eigenvalue weighted by molar-refractivity contribution is 6.30. The first-order chi connectivity index (χ1) is 9.74. The van der Waals surface area contributed by atoms with Gasteiger partial charge in [0.15, 0.2) is 0 Å². The molecule has 0 radical (unpaired) electrons. The summed E-state index contributed by atoms with van der Waals surface area (Å²) in [5.41, 5.74) is 9.27. The first-order valence-corrected chi connectivity index (χ1v) is 7.22. The second-order valence-corrected chi connectivity index (χ2v) is 5.45. The number of nitrogens with two attached hydrogens (primary N) is 1. The van der Waals surface area contributed by atoms with Gasteiger partial charge in [-0.1, -0.05) is 23.7 Å². The molecule has 0 amide bonds. The molecule has 3 nitrogen and oxygen atoms in total. The summed E-state index contributed by atoms with van der Waals surface area (Å²) in [5.74, 6) is 0. The molecular formula is C16H18ClN3. The maximum Gasteiger partial charge on any atom is 0.0601 e. The molecule has 0 saturated carbocycles. The summed E-state index contributed by atoms with van der Waals surface area (Å²) in [6, 6.07) is 16.1. The van der Waals surface area contributed by atoms with Crippen molar-refractivity contribution in [1.29, 1.82) is 0 Å². The molecule has 104 valence electrons. The van der Waals surface area contributed by atoms with Crippen molar-refractivity contribution < 1.29 is 0 Å². The molecular weight excluding hydrogens is 270 g/mol. The first-order valence-electron chi connectivity index (χ1n) is 6.84. The maximum atomic E-state index is 6.04. The van der Waals surface area contributed by atoms with Crippen molar-refractivity contribution in [1.82, 2.24) is 0 Å². The van der Waals surface area contributed by atoms with Gasteiger partial charge in [0.1, 0.15) is 0 Å². The van der Waals surface area contributed by atoms with Crippen LogP contribution >= 0.6 is 11.6 Å². The molecule has 1 aliphatic heterocycles. The van der Waals surface area contributed by atoms with Crippen LogP contribution in [0.5, 0.6) is 0 Å². The van der Waals surface area contributed by atoms with Crippen LogP contribution in [-0.4, -0.2) is 26.2 Å². The van der Waals surface area contributed by atoms with Crippen molar-refractivity contribution in [3.05, 3.63) is 53.6 Å². The Hall–Kier alpha value is -1.87. The van der Waals surface area contributed by atoms with Crippen molar-refractivity contribution in [2.75, 3.05) is 41.7 Å². The zero-order chi connectivity index (χ0) is 13.9. The zero-order valence-corrected chi connectivity index (χ0v) is 12.1. The fourth-order valence-electron chi connectivity index (χ4n) is 2.63. The third-order valence-electron chi connectivity index (χ3n) is 3.75. The quantitative estimate of drug-likeness (QED) is 0.861. The molecule has 4 heteroatoms. The number of hydrogen-bond acceptors (Lipinski definition) is 3. The van der Waals surface area contributed by atoms with E-state index in [1.165, 1.54) is 5.69 Å². The molecule has 1 aliphatic rings. The Kier molecular flexibility index (Phi) is 3.70. The minimum atomic E-state index is 0.782. The Morgan fingerprint density at radius 3 is 2.05 bits per heavy atom. The number of nitrogens with zero attached hydrogens (tertiary/aromatic N) is 2. The SMILES string of the molecule is Nc1ccccc1N1CCN(c2ccc(Cl)cc2)CC1. The molecule has 3 rings (SSSR count). The second kappa shape index (κ2) is 5.63. The topological polar surface area (TPSA) is 32.5 Å². The van der Waals surface area contributed by atoms with E-state index in [1.54, 1.807) is 0 Å². The van der Waals surface area contributed by atoms with Crippen LogP contribution in [-0.2, 0) is 0 Å². The van der Waals surface area contributed by atoms with Gasteiger partial charge in [0.2, 0.25) is 0 Å². The van der Waals surface area contributed by atoms with E-state index < -0.39 is 0 Å². The monoisotopic (exact) mass is 287 g/mol. The van der Waals surface area contributed by atoms with Crippen LogP contribution in [0.3, 0.4) is 0 Å². The van der Waals surface area contributed by atoms with Crippen molar-refractivity contribution in [2.24, 2.45) is 0 Å². The van der Waals surface area contributed by atoms with Crippen LogP contribution in [0.1, 0.15) is 0 Å². The molecule has 2 N–H and O–H groups in total. The summed E-state index contributed by atoms with van der Waals surface area (Å²) in [4.78, 5) is 4.73. The number of nitrogen functional groups attached to an aromatic ring is 1. The molecule has 0 spiro atoms. The van der Waals surface area contributed by atoms with E-state index in [9.17, 15) is 0 Å². The Balaban J connectivity index is 1.68. The number of rotatable bonds is 2. The fourth-order valence-corrected chi connectivity index (χ4v) is 2.76. The maximum absolute atomic E-state index is 6.04. The van der Waals surface area contributed by atoms with Crippen LogP contribution in [0.2, 0.25) is 5.02 Å². The molecule has 1 heterocycles. The molecule has 20 heavy (non-hydrogen) atoms. The molecule has 0 unspecified atom stereocenters. The summed E-state index contributed by atoms with van der Waals surface area (Å²) >= 11 is 5.93. The fraction of sp³-hybridized carbons (Fsp3) is 0.250. The number of benzene rings is 2. The standard InChI is InChI=1S/C16H18ClN3/c17-13-5-7-14(8-6-13)19-9-11-20(12-10-19)16-4-2-1-3-15(16)18/h1-8H,9-12,18H2. The third kappa shape index (κ3) is 2.68. The van der Waals surface area contributed by atoms with E-state index in [4.69, 9.17) is 17.3 Å². The molecule has 2 aromatic carbocycles. The number of halogens is 1. The predicted molar refractivity (Wildman–Crippen MR) is 86.7 cm³/mol. The van der Waals surface area contributed by atoms with Crippen molar-refractivity contribution in [2.45, 2.75) is 0 Å². The lowest BCUT2D eigenvalue weighted by molar-refractivity contribution is 0.654. The van der Waals surface area contributed by atoms with Crippen LogP contribution in [0.25, 0.3) is 0 Å². The van der Waals surface area contributed by atoms with E-state index in [0.29, 0.717) is 0 Å². The number of piperazine rings is 1. The van der Waals surface area contributed by atoms with E-state index >= 15 is 0 Å². The van der Waals surface area contributed by atoms with Gasteiger partial charge in [-0.05, 0) is 36.4 Å². The zero-order valence-electron chi connectivity index (χ0n) is 11.3. The Morgan fingerprint density at radius 1 is 0.800 bits per heavy atom. The summed E-state index contributed by atoms with van der Waals surface area (Å²) < 4.78 is 0. The summed E-state index contributed by atoms with van der Waals surface area (Å²) in [5, 5.41) is 0.782. The average Bonchev–Trinajstić information content (AvgIpc) is 2.49. The summed E-state index contributed by atoms with van der Waals surface area (Å²) in [6.45, 7) is 3.96. The van der Waals surface area contributed by atoms with Crippen LogP contribution < -0.4 is 15.5 Å². The first kappa shape index (κ1) is 13.1. The van der Waals surface area contributed by atoms with E-state index in [1.807, 2.05) is 30.3 Å². The lowest BCUT2D eigenvalue weighted by Gasteiger charge is -2.37. The summed E-state index contributed by atoms with van der Waals surface area (Å²) in [7, 11) is 0. The van der Waals surface area contributed by atoms with Gasteiger partial charge in [-0.2, -0.15) is 0 Å². The van der Waals surface area contributed by atoms with Crippen molar-refractivity contribution >= 4 is 28.7 Å². The lowest BCUT2D eigenvalue weighted by atomic mass is 10.2. The van der Waals surface area contributed by atoms with Crippen LogP contribution in [0, 0.1) is 0 Å². The predicted octanol–water partition coefficient (Wildman–Crippen LogP) is 3.25. The van der Waals surface area contributed by atoms with Gasteiger partial charge in [-0.15, -0.1) is 0 Å². The summed E-state index contributed by atoms with van der Waals surface area (Å²) in [6.07, 6.45) is 0. The van der Waals surface area contributed by atoms with Crippen LogP contribution in [0.15, 0.2) is 48.5 Å². The van der Waals surface area contributed by atoms with Gasteiger partial charge in [0.05, 0.1) is 11.4 Å². The molecule has 1 fully saturated rings. The largest absolute Gasteiger partial charge is 0.397 e. The Bertz CT molecular complexity index is 575. The van der Waals surface area contributed by atoms with Gasteiger partial charge in [0, 0.05) is 36.9 Å². The highest BCUT2D eigenvalue weighted by Gasteiger charge is 2.18. The van der Waals surface area contributed by atoms with E-state index in [2.05, 4.69) is 28.0 Å². The highest BCUT2D eigenvalue weighted by atomic mass is 35.5. The van der Waals surface area contributed by atoms with Crippen molar-refractivity contribution in [3.8, 4) is 0 Å². The van der Waals surface area contributed by atoms with Crippen molar-refractivity contribution in [3.63, 3.8) is 0 Å². The normalized spacial score (nSPS) is 15.4. The highest BCUT2D eigenvalue weighted by Crippen LogP contribution is 2.25. The van der Waals surface area contributed by atoms with Gasteiger partial charge >= 0.3 is 0 Å². The Morgan fingerprint density at radius 2 is 1.40 bits per heavy atom. The molecule has 0 aliphatic carbocycles. The molecule has 0 aromatic heterocycles. The van der Waals surface area contributed by atoms with Gasteiger partial charge < -0.3 is 15.5 Å². The molecule has 0 atom stereocenters. The van der Waals surface area contributed by atoms with Crippen LogP contribution in [0.4, 0.5) is 17.1 Å². The smallest absolute Gasteiger partial charge is 0.0601 e.